The van der Waals surface area contributed by atoms with Gasteiger partial charge in [-0.2, -0.15) is 0 Å². The maximum atomic E-state index is 12.9. The van der Waals surface area contributed by atoms with Crippen LogP contribution in [-0.2, 0) is 10.2 Å². The Kier molecular flexibility index (Phi) is 6.98. The van der Waals surface area contributed by atoms with Gasteiger partial charge in [0.05, 0.1) is 18.6 Å². The summed E-state index contributed by atoms with van der Waals surface area (Å²) in [7, 11) is 1.60. The van der Waals surface area contributed by atoms with E-state index in [1.54, 1.807) is 19.5 Å². The molecular formula is C26H27N5O2S. The molecule has 7 nitrogen and oxygen atoms in total. The molecule has 0 saturated heterocycles. The van der Waals surface area contributed by atoms with Crippen molar-refractivity contribution in [2.24, 2.45) is 0 Å². The first-order chi connectivity index (χ1) is 16.4. The molecule has 0 aliphatic rings. The number of hydrogen-bond donors (Lipinski definition) is 1. The maximum Gasteiger partial charge on any atom is 0.234 e. The minimum atomic E-state index is -0.153. The van der Waals surface area contributed by atoms with Crippen molar-refractivity contribution in [3.05, 3.63) is 78.6 Å². The Balaban J connectivity index is 1.57. The number of methoxy groups -OCH3 is 1. The number of aromatic nitrogens is 4. The van der Waals surface area contributed by atoms with Gasteiger partial charge in [0.1, 0.15) is 5.75 Å². The number of rotatable bonds is 7. The van der Waals surface area contributed by atoms with Gasteiger partial charge >= 0.3 is 0 Å². The predicted molar refractivity (Wildman–Crippen MR) is 136 cm³/mol. The third kappa shape index (κ3) is 5.28. The molecule has 0 aliphatic heterocycles. The molecule has 8 heteroatoms. The molecule has 0 radical (unpaired) electrons. The summed E-state index contributed by atoms with van der Waals surface area (Å²) in [6.45, 7) is 6.39. The molecule has 1 amide bonds. The van der Waals surface area contributed by atoms with Crippen LogP contribution in [0.1, 0.15) is 26.3 Å². The van der Waals surface area contributed by atoms with E-state index < -0.39 is 0 Å². The molecule has 2 heterocycles. The Bertz CT molecular complexity index is 1270. The Morgan fingerprint density at radius 2 is 1.85 bits per heavy atom. The second-order valence-electron chi connectivity index (χ2n) is 8.72. The van der Waals surface area contributed by atoms with Crippen LogP contribution in [0.25, 0.3) is 17.1 Å². The fraction of sp³-hybridized carbons (Fsp3) is 0.231. The first-order valence-corrected chi connectivity index (χ1v) is 11.9. The Hall–Kier alpha value is -3.65. The molecule has 0 unspecified atom stereocenters. The van der Waals surface area contributed by atoms with Crippen molar-refractivity contribution >= 4 is 23.4 Å². The number of anilines is 1. The second-order valence-corrected chi connectivity index (χ2v) is 9.66. The van der Waals surface area contributed by atoms with E-state index in [-0.39, 0.29) is 17.1 Å². The molecule has 1 N–H and O–H groups in total. The van der Waals surface area contributed by atoms with Gasteiger partial charge in [-0.25, -0.2) is 0 Å². The molecule has 174 valence electrons. The van der Waals surface area contributed by atoms with Gasteiger partial charge in [-0.1, -0.05) is 56.8 Å². The topological polar surface area (TPSA) is 81.9 Å². The van der Waals surface area contributed by atoms with Crippen LogP contribution in [0.2, 0.25) is 0 Å². The first-order valence-electron chi connectivity index (χ1n) is 10.9. The molecule has 34 heavy (non-hydrogen) atoms. The van der Waals surface area contributed by atoms with E-state index in [9.17, 15) is 4.79 Å². The SMILES string of the molecule is COc1ccc(C(C)(C)C)cc1NC(=O)CSc1nnc(-c2cccnc2)n1-c1ccccc1. The minimum absolute atomic E-state index is 0.0463. The molecule has 0 bridgehead atoms. The van der Waals surface area contributed by atoms with Gasteiger partial charge in [-0.15, -0.1) is 10.2 Å². The van der Waals surface area contributed by atoms with Gasteiger partial charge in [-0.3, -0.25) is 14.3 Å². The van der Waals surface area contributed by atoms with Crippen LogP contribution in [0, 0.1) is 0 Å². The summed E-state index contributed by atoms with van der Waals surface area (Å²) >= 11 is 1.32. The highest BCUT2D eigenvalue weighted by atomic mass is 32.2. The van der Waals surface area contributed by atoms with Gasteiger partial charge < -0.3 is 10.1 Å². The summed E-state index contributed by atoms with van der Waals surface area (Å²) in [6.07, 6.45) is 3.47. The number of hydrogen-bond acceptors (Lipinski definition) is 6. The minimum Gasteiger partial charge on any atom is -0.495 e. The number of benzene rings is 2. The largest absolute Gasteiger partial charge is 0.495 e. The van der Waals surface area contributed by atoms with Gasteiger partial charge in [0.2, 0.25) is 5.91 Å². The summed E-state index contributed by atoms with van der Waals surface area (Å²) in [6, 6.07) is 19.5. The number of ether oxygens (including phenoxy) is 1. The van der Waals surface area contributed by atoms with Crippen LogP contribution in [0.15, 0.2) is 78.2 Å². The van der Waals surface area contributed by atoms with Crippen LogP contribution in [-0.4, -0.2) is 38.5 Å². The number of carbonyl (C=O) groups is 1. The van der Waals surface area contributed by atoms with Gasteiger partial charge in [0, 0.05) is 23.6 Å². The zero-order valence-corrected chi connectivity index (χ0v) is 20.5. The number of carbonyl (C=O) groups excluding carboxylic acids is 1. The van der Waals surface area contributed by atoms with Crippen molar-refractivity contribution in [2.75, 3.05) is 18.2 Å². The van der Waals surface area contributed by atoms with Crippen molar-refractivity contribution in [3.63, 3.8) is 0 Å². The molecule has 0 saturated carbocycles. The van der Waals surface area contributed by atoms with E-state index in [0.29, 0.717) is 22.4 Å². The first kappa shape index (κ1) is 23.5. The highest BCUT2D eigenvalue weighted by molar-refractivity contribution is 7.99. The lowest BCUT2D eigenvalue weighted by molar-refractivity contribution is -0.113. The monoisotopic (exact) mass is 473 g/mol. The summed E-state index contributed by atoms with van der Waals surface area (Å²) < 4.78 is 7.39. The van der Waals surface area contributed by atoms with Crippen molar-refractivity contribution in [1.82, 2.24) is 19.7 Å². The standard InChI is InChI=1S/C26H27N5O2S/c1-26(2,3)19-12-13-22(33-4)21(15-19)28-23(32)17-34-25-30-29-24(18-9-8-14-27-16-18)31(25)20-10-6-5-7-11-20/h5-16H,17H2,1-4H3,(H,28,32). The molecule has 0 aliphatic carbocycles. The average Bonchev–Trinajstić information content (AvgIpc) is 3.27. The van der Waals surface area contributed by atoms with Crippen LogP contribution in [0.5, 0.6) is 5.75 Å². The van der Waals surface area contributed by atoms with E-state index in [2.05, 4.69) is 41.3 Å². The van der Waals surface area contributed by atoms with E-state index in [1.807, 2.05) is 65.2 Å². The fourth-order valence-electron chi connectivity index (χ4n) is 3.44. The average molecular weight is 474 g/mol. The maximum absolute atomic E-state index is 12.9. The zero-order valence-electron chi connectivity index (χ0n) is 19.6. The third-order valence-electron chi connectivity index (χ3n) is 5.24. The summed E-state index contributed by atoms with van der Waals surface area (Å²) in [5.41, 5.74) is 3.48. The van der Waals surface area contributed by atoms with E-state index in [1.165, 1.54) is 11.8 Å². The molecule has 4 aromatic rings. The number of para-hydroxylation sites is 1. The smallest absolute Gasteiger partial charge is 0.234 e. The molecule has 0 fully saturated rings. The van der Waals surface area contributed by atoms with Gasteiger partial charge in [-0.05, 0) is 47.4 Å². The van der Waals surface area contributed by atoms with E-state index in [0.717, 1.165) is 16.8 Å². The van der Waals surface area contributed by atoms with Crippen molar-refractivity contribution in [3.8, 4) is 22.8 Å². The third-order valence-corrected chi connectivity index (χ3v) is 6.17. The van der Waals surface area contributed by atoms with E-state index in [4.69, 9.17) is 4.74 Å². The van der Waals surface area contributed by atoms with Gasteiger partial charge in [0.15, 0.2) is 11.0 Å². The van der Waals surface area contributed by atoms with Crippen molar-refractivity contribution in [1.29, 1.82) is 0 Å². The summed E-state index contributed by atoms with van der Waals surface area (Å²) in [5, 5.41) is 12.4. The number of nitrogens with zero attached hydrogens (tertiary/aromatic N) is 4. The molecule has 4 rings (SSSR count). The number of amides is 1. The number of thioether (sulfide) groups is 1. The molecule has 0 spiro atoms. The van der Waals surface area contributed by atoms with E-state index >= 15 is 0 Å². The fourth-order valence-corrected chi connectivity index (χ4v) is 4.20. The van der Waals surface area contributed by atoms with Crippen molar-refractivity contribution in [2.45, 2.75) is 31.3 Å². The normalized spacial score (nSPS) is 11.3. The molecule has 2 aromatic carbocycles. The predicted octanol–water partition coefficient (Wildman–Crippen LogP) is 5.37. The molecule has 0 atom stereocenters. The van der Waals surface area contributed by atoms with Crippen LogP contribution < -0.4 is 10.1 Å². The summed E-state index contributed by atoms with van der Waals surface area (Å²) in [5.74, 6) is 1.31. The Morgan fingerprint density at radius 3 is 2.53 bits per heavy atom. The molecular weight excluding hydrogens is 446 g/mol. The quantitative estimate of drug-likeness (QED) is 0.364. The van der Waals surface area contributed by atoms with Crippen LogP contribution in [0.4, 0.5) is 5.69 Å². The number of nitrogens with one attached hydrogen (secondary N) is 1. The summed E-state index contributed by atoms with van der Waals surface area (Å²) in [4.78, 5) is 17.1. The van der Waals surface area contributed by atoms with Crippen LogP contribution >= 0.6 is 11.8 Å². The zero-order chi connectivity index (χ0) is 24.1. The lowest BCUT2D eigenvalue weighted by Crippen LogP contribution is -2.17. The highest BCUT2D eigenvalue weighted by Gasteiger charge is 2.19. The lowest BCUT2D eigenvalue weighted by atomic mass is 9.87. The Labute approximate surface area is 203 Å². The molecule has 2 aromatic heterocycles. The van der Waals surface area contributed by atoms with Crippen molar-refractivity contribution < 1.29 is 9.53 Å². The second kappa shape index (κ2) is 10.1. The number of pyridine rings is 1. The van der Waals surface area contributed by atoms with Crippen LogP contribution in [0.3, 0.4) is 0 Å². The highest BCUT2D eigenvalue weighted by Crippen LogP contribution is 2.32. The van der Waals surface area contributed by atoms with Gasteiger partial charge in [0.25, 0.3) is 0 Å². The Morgan fingerprint density at radius 1 is 1.06 bits per heavy atom. The lowest BCUT2D eigenvalue weighted by Gasteiger charge is -2.21.